The van der Waals surface area contributed by atoms with Gasteiger partial charge < -0.3 is 9.74 Å². The van der Waals surface area contributed by atoms with Crippen LogP contribution in [0.15, 0.2) is 58.6 Å². The highest BCUT2D eigenvalue weighted by Crippen LogP contribution is 2.28. The Hall–Kier alpha value is -2.60. The van der Waals surface area contributed by atoms with E-state index in [0.29, 0.717) is 11.1 Å². The lowest BCUT2D eigenvalue weighted by atomic mass is 10.1. The van der Waals surface area contributed by atoms with Gasteiger partial charge in [0.15, 0.2) is 5.71 Å². The number of para-hydroxylation sites is 1. The number of hydrogen-bond acceptors (Lipinski definition) is 5. The van der Waals surface area contributed by atoms with E-state index in [4.69, 9.17) is 4.84 Å². The van der Waals surface area contributed by atoms with Crippen LogP contribution in [0.3, 0.4) is 0 Å². The highest BCUT2D eigenvalue weighted by Gasteiger charge is 2.32. The number of oxime groups is 1. The Morgan fingerprint density at radius 1 is 1.13 bits per heavy atom. The summed E-state index contributed by atoms with van der Waals surface area (Å²) in [6.07, 6.45) is 1.88. The van der Waals surface area contributed by atoms with Gasteiger partial charge in [0.05, 0.1) is 11.3 Å². The number of carbonyl (C=O) groups excluding carboxylic acids is 2. The summed E-state index contributed by atoms with van der Waals surface area (Å²) in [6.45, 7) is 0. The van der Waals surface area contributed by atoms with Crippen LogP contribution in [0, 0.1) is 0 Å². The summed E-state index contributed by atoms with van der Waals surface area (Å²) in [4.78, 5) is 31.7. The van der Waals surface area contributed by atoms with Crippen LogP contribution in [0.1, 0.15) is 15.9 Å². The molecule has 1 aliphatic rings. The van der Waals surface area contributed by atoms with Gasteiger partial charge in [-0.25, -0.2) is 4.79 Å². The van der Waals surface area contributed by atoms with Gasteiger partial charge >= 0.3 is 5.97 Å². The molecule has 1 amide bonds. The molecule has 3 rings (SSSR count). The zero-order chi connectivity index (χ0) is 16.4. The molecule has 2 aromatic rings. The molecule has 0 spiro atoms. The van der Waals surface area contributed by atoms with E-state index in [0.717, 1.165) is 10.6 Å². The Morgan fingerprint density at radius 2 is 1.83 bits per heavy atom. The molecule has 1 aliphatic heterocycles. The number of rotatable bonds is 3. The molecule has 6 heteroatoms. The third-order valence-electron chi connectivity index (χ3n) is 3.57. The Balaban J connectivity index is 1.89. The third-order valence-corrected chi connectivity index (χ3v) is 4.37. The summed E-state index contributed by atoms with van der Waals surface area (Å²) in [5.41, 5.74) is 1.97. The summed E-state index contributed by atoms with van der Waals surface area (Å²) < 4.78 is 0. The zero-order valence-electron chi connectivity index (χ0n) is 12.6. The minimum atomic E-state index is -0.581. The number of carbonyl (C=O) groups is 2. The van der Waals surface area contributed by atoms with Gasteiger partial charge in [0.2, 0.25) is 0 Å². The second-order valence-corrected chi connectivity index (χ2v) is 5.75. The number of anilines is 1. The minimum Gasteiger partial charge on any atom is -0.312 e. The van der Waals surface area contributed by atoms with E-state index in [2.05, 4.69) is 5.16 Å². The van der Waals surface area contributed by atoms with E-state index in [1.807, 2.05) is 36.6 Å². The van der Waals surface area contributed by atoms with E-state index in [9.17, 15) is 9.59 Å². The van der Waals surface area contributed by atoms with Gasteiger partial charge in [-0.1, -0.05) is 35.5 Å². The van der Waals surface area contributed by atoms with E-state index in [1.54, 1.807) is 25.2 Å². The number of nitrogens with zero attached hydrogens (tertiary/aromatic N) is 2. The highest BCUT2D eigenvalue weighted by atomic mass is 32.2. The number of likely N-dealkylation sites (N-methyl/N-ethyl adjacent to an activating group) is 1. The molecule has 23 heavy (non-hydrogen) atoms. The van der Waals surface area contributed by atoms with Gasteiger partial charge in [0.1, 0.15) is 0 Å². The molecule has 0 radical (unpaired) electrons. The lowest BCUT2D eigenvalue weighted by Crippen LogP contribution is -2.26. The predicted molar refractivity (Wildman–Crippen MR) is 90.0 cm³/mol. The van der Waals surface area contributed by atoms with Crippen LogP contribution in [0.5, 0.6) is 0 Å². The van der Waals surface area contributed by atoms with Crippen molar-refractivity contribution in [2.45, 2.75) is 4.90 Å². The number of benzene rings is 2. The molecule has 1 heterocycles. The summed E-state index contributed by atoms with van der Waals surface area (Å²) in [5.74, 6) is -0.876. The molecule has 0 saturated carbocycles. The normalized spacial score (nSPS) is 15.0. The van der Waals surface area contributed by atoms with Crippen LogP contribution in [-0.4, -0.2) is 30.9 Å². The van der Waals surface area contributed by atoms with Crippen molar-refractivity contribution in [3.05, 3.63) is 59.7 Å². The summed E-state index contributed by atoms with van der Waals surface area (Å²) in [6, 6.07) is 14.4. The SMILES string of the molecule is CSc1ccccc1C(=O)O/N=C1/C(=O)N(C)c2ccccc21. The summed E-state index contributed by atoms with van der Waals surface area (Å²) in [7, 11) is 1.66. The topological polar surface area (TPSA) is 59.0 Å². The number of amides is 1. The molecule has 0 fully saturated rings. The van der Waals surface area contributed by atoms with Gasteiger partial charge in [-0.15, -0.1) is 11.8 Å². The Kier molecular flexibility index (Phi) is 4.16. The maximum atomic E-state index is 12.2. The molecule has 0 bridgehead atoms. The Morgan fingerprint density at radius 3 is 2.61 bits per heavy atom. The molecular weight excluding hydrogens is 312 g/mol. The van der Waals surface area contributed by atoms with Crippen LogP contribution < -0.4 is 4.90 Å². The lowest BCUT2D eigenvalue weighted by Gasteiger charge is -2.07. The highest BCUT2D eigenvalue weighted by molar-refractivity contribution is 7.98. The minimum absolute atomic E-state index is 0.137. The number of hydrogen-bond donors (Lipinski definition) is 0. The van der Waals surface area contributed by atoms with Crippen LogP contribution in [0.2, 0.25) is 0 Å². The predicted octanol–water partition coefficient (Wildman–Crippen LogP) is 2.95. The van der Waals surface area contributed by atoms with Crippen molar-refractivity contribution in [2.24, 2.45) is 5.16 Å². The number of thioether (sulfide) groups is 1. The van der Waals surface area contributed by atoms with E-state index in [-0.39, 0.29) is 11.6 Å². The molecule has 5 nitrogen and oxygen atoms in total. The van der Waals surface area contributed by atoms with Crippen molar-refractivity contribution >= 4 is 35.0 Å². The van der Waals surface area contributed by atoms with Gasteiger partial charge in [-0.2, -0.15) is 0 Å². The second-order valence-electron chi connectivity index (χ2n) is 4.90. The van der Waals surface area contributed by atoms with Crippen molar-refractivity contribution in [3.8, 4) is 0 Å². The Bertz CT molecular complexity index is 817. The van der Waals surface area contributed by atoms with Gasteiger partial charge in [-0.3, -0.25) is 4.79 Å². The Labute approximate surface area is 137 Å². The monoisotopic (exact) mass is 326 g/mol. The fourth-order valence-electron chi connectivity index (χ4n) is 2.39. The smallest absolute Gasteiger partial charge is 0.312 e. The first kappa shape index (κ1) is 15.3. The van der Waals surface area contributed by atoms with E-state index < -0.39 is 5.97 Å². The first-order valence-corrected chi connectivity index (χ1v) is 8.15. The average molecular weight is 326 g/mol. The van der Waals surface area contributed by atoms with Crippen LogP contribution in [0.25, 0.3) is 0 Å². The number of fused-ring (bicyclic) bond motifs is 1. The average Bonchev–Trinajstić information content (AvgIpc) is 2.84. The second kappa shape index (κ2) is 6.26. The van der Waals surface area contributed by atoms with Crippen LogP contribution in [0.4, 0.5) is 5.69 Å². The standard InChI is InChI=1S/C17H14N2O3S/c1-19-13-9-5-3-7-11(13)15(16(19)20)18-22-17(21)12-8-4-6-10-14(12)23-2/h3-10H,1-2H3/b18-15+. The van der Waals surface area contributed by atoms with Crippen molar-refractivity contribution < 1.29 is 14.4 Å². The maximum absolute atomic E-state index is 12.2. The van der Waals surface area contributed by atoms with Gasteiger partial charge in [0, 0.05) is 17.5 Å². The van der Waals surface area contributed by atoms with E-state index >= 15 is 0 Å². The van der Waals surface area contributed by atoms with Crippen molar-refractivity contribution in [1.29, 1.82) is 0 Å². The molecule has 0 saturated heterocycles. The van der Waals surface area contributed by atoms with Gasteiger partial charge in [0.25, 0.3) is 5.91 Å². The maximum Gasteiger partial charge on any atom is 0.366 e. The molecule has 0 atom stereocenters. The fourth-order valence-corrected chi connectivity index (χ4v) is 2.97. The molecule has 0 N–H and O–H groups in total. The van der Waals surface area contributed by atoms with E-state index in [1.165, 1.54) is 16.7 Å². The molecule has 0 unspecified atom stereocenters. The molecule has 2 aromatic carbocycles. The van der Waals surface area contributed by atoms with Crippen molar-refractivity contribution in [3.63, 3.8) is 0 Å². The molecule has 0 aromatic heterocycles. The fraction of sp³-hybridized carbons (Fsp3) is 0.118. The summed E-state index contributed by atoms with van der Waals surface area (Å²) in [5, 5.41) is 3.81. The third kappa shape index (κ3) is 2.73. The quantitative estimate of drug-likeness (QED) is 0.494. The molecule has 0 aliphatic carbocycles. The van der Waals surface area contributed by atoms with Gasteiger partial charge in [-0.05, 0) is 24.5 Å². The van der Waals surface area contributed by atoms with Crippen molar-refractivity contribution in [2.75, 3.05) is 18.2 Å². The van der Waals surface area contributed by atoms with Crippen molar-refractivity contribution in [1.82, 2.24) is 0 Å². The lowest BCUT2D eigenvalue weighted by molar-refractivity contribution is -0.112. The largest absolute Gasteiger partial charge is 0.366 e. The van der Waals surface area contributed by atoms with Crippen LogP contribution in [-0.2, 0) is 9.63 Å². The zero-order valence-corrected chi connectivity index (χ0v) is 13.5. The first-order valence-electron chi connectivity index (χ1n) is 6.93. The first-order chi connectivity index (χ1) is 11.1. The molecule has 116 valence electrons. The molecular formula is C17H14N2O3S. The summed E-state index contributed by atoms with van der Waals surface area (Å²) >= 11 is 1.45. The van der Waals surface area contributed by atoms with Crippen LogP contribution >= 0.6 is 11.8 Å².